The minimum Gasteiger partial charge on any atom is -0.490 e. The molecule has 3 aliphatic rings. The maximum atomic E-state index is 12.3. The van der Waals surface area contributed by atoms with Gasteiger partial charge in [-0.3, -0.25) is 14.4 Å². The zero-order valence-electron chi connectivity index (χ0n) is 18.0. The van der Waals surface area contributed by atoms with Crippen LogP contribution in [-0.4, -0.2) is 47.3 Å². The fourth-order valence-electron chi connectivity index (χ4n) is 4.23. The van der Waals surface area contributed by atoms with Gasteiger partial charge in [0, 0.05) is 18.7 Å². The molecule has 0 bridgehead atoms. The molecule has 0 spiro atoms. The number of carboxylic acids is 1. The topological polar surface area (TPSA) is 105 Å². The standard InChI is InChI=1S/C24H30N2O5S/c27-22(25-11-12-26-23(28)21-13-18(14-32-21)15-1-2-15)16-3-7-19(8-4-16)31-20-9-5-17(6-10-20)24(29)30/h3-4,7-8,14-15,17,20-21H,1-2,5-6,9-13H2,(H,25,27)(H,26,28)(H,29,30). The lowest BCUT2D eigenvalue weighted by Gasteiger charge is -2.26. The summed E-state index contributed by atoms with van der Waals surface area (Å²) in [6, 6.07) is 6.96. The molecule has 1 aromatic carbocycles. The van der Waals surface area contributed by atoms with Crippen molar-refractivity contribution in [2.24, 2.45) is 11.8 Å². The molecule has 1 heterocycles. The number of benzene rings is 1. The minimum absolute atomic E-state index is 0.0162. The number of carboxylic acid groups (broad SMARTS) is 1. The number of thioether (sulfide) groups is 1. The lowest BCUT2D eigenvalue weighted by molar-refractivity contribution is -0.143. The third-order valence-electron chi connectivity index (χ3n) is 6.35. The zero-order valence-corrected chi connectivity index (χ0v) is 18.9. The monoisotopic (exact) mass is 458 g/mol. The van der Waals surface area contributed by atoms with Gasteiger partial charge in [0.25, 0.3) is 5.91 Å². The van der Waals surface area contributed by atoms with E-state index < -0.39 is 5.97 Å². The van der Waals surface area contributed by atoms with E-state index in [1.807, 2.05) is 0 Å². The summed E-state index contributed by atoms with van der Waals surface area (Å²) in [7, 11) is 0. The maximum absolute atomic E-state index is 12.3. The molecule has 3 N–H and O–H groups in total. The first-order chi connectivity index (χ1) is 15.5. The van der Waals surface area contributed by atoms with Gasteiger partial charge in [-0.25, -0.2) is 0 Å². The molecule has 0 radical (unpaired) electrons. The molecule has 8 heteroatoms. The van der Waals surface area contributed by atoms with Gasteiger partial charge < -0.3 is 20.5 Å². The molecule has 2 aliphatic carbocycles. The Morgan fingerprint density at radius 2 is 1.66 bits per heavy atom. The van der Waals surface area contributed by atoms with Crippen molar-refractivity contribution in [3.8, 4) is 5.75 Å². The van der Waals surface area contributed by atoms with Crippen molar-refractivity contribution in [1.29, 1.82) is 0 Å². The number of carbonyl (C=O) groups is 3. The van der Waals surface area contributed by atoms with Gasteiger partial charge >= 0.3 is 5.97 Å². The number of allylic oxidation sites excluding steroid dienone is 1. The van der Waals surface area contributed by atoms with Crippen LogP contribution in [0.5, 0.6) is 5.75 Å². The number of rotatable bonds is 9. The summed E-state index contributed by atoms with van der Waals surface area (Å²) in [6.45, 7) is 0.774. The highest BCUT2D eigenvalue weighted by Crippen LogP contribution is 2.45. The SMILES string of the molecule is O=C(NCCNC(=O)C1CC(C2CC2)=CS1)c1ccc(OC2CCC(C(=O)O)CC2)cc1. The van der Waals surface area contributed by atoms with Crippen LogP contribution in [0.4, 0.5) is 0 Å². The quantitative estimate of drug-likeness (QED) is 0.490. The van der Waals surface area contributed by atoms with Crippen molar-refractivity contribution in [3.05, 3.63) is 40.8 Å². The lowest BCUT2D eigenvalue weighted by Crippen LogP contribution is -2.38. The van der Waals surface area contributed by atoms with Crippen LogP contribution in [-0.2, 0) is 9.59 Å². The van der Waals surface area contributed by atoms with Crippen molar-refractivity contribution in [3.63, 3.8) is 0 Å². The summed E-state index contributed by atoms with van der Waals surface area (Å²) in [5.74, 6) is 0.245. The van der Waals surface area contributed by atoms with Crippen LogP contribution < -0.4 is 15.4 Å². The van der Waals surface area contributed by atoms with E-state index in [0.29, 0.717) is 43.2 Å². The normalized spacial score (nSPS) is 25.0. The molecule has 172 valence electrons. The smallest absolute Gasteiger partial charge is 0.306 e. The van der Waals surface area contributed by atoms with Crippen molar-refractivity contribution < 1.29 is 24.2 Å². The second kappa shape index (κ2) is 10.4. The second-order valence-electron chi connectivity index (χ2n) is 8.80. The minimum atomic E-state index is -0.726. The Morgan fingerprint density at radius 1 is 0.969 bits per heavy atom. The van der Waals surface area contributed by atoms with E-state index in [1.165, 1.54) is 18.4 Å². The second-order valence-corrected chi connectivity index (χ2v) is 9.87. The highest BCUT2D eigenvalue weighted by atomic mass is 32.2. The van der Waals surface area contributed by atoms with E-state index >= 15 is 0 Å². The van der Waals surface area contributed by atoms with Crippen molar-refractivity contribution in [2.45, 2.75) is 56.3 Å². The summed E-state index contributed by atoms with van der Waals surface area (Å²) in [4.78, 5) is 35.7. The third-order valence-corrected chi connectivity index (χ3v) is 7.50. The number of hydrogen-bond acceptors (Lipinski definition) is 5. The molecule has 2 amide bonds. The highest BCUT2D eigenvalue weighted by molar-refractivity contribution is 8.03. The van der Waals surface area contributed by atoms with Crippen LogP contribution in [0.1, 0.15) is 55.3 Å². The molecule has 7 nitrogen and oxygen atoms in total. The van der Waals surface area contributed by atoms with Gasteiger partial charge in [-0.1, -0.05) is 5.57 Å². The summed E-state index contributed by atoms with van der Waals surface area (Å²) < 4.78 is 5.94. The fraction of sp³-hybridized carbons (Fsp3) is 0.542. The molecular formula is C24H30N2O5S. The summed E-state index contributed by atoms with van der Waals surface area (Å²) in [5.41, 5.74) is 1.95. The van der Waals surface area contributed by atoms with Crippen LogP contribution in [0.15, 0.2) is 35.2 Å². The van der Waals surface area contributed by atoms with Gasteiger partial charge in [0.15, 0.2) is 0 Å². The predicted octanol–water partition coefficient (Wildman–Crippen LogP) is 3.35. The average Bonchev–Trinajstić information content (AvgIpc) is 3.53. The first-order valence-electron chi connectivity index (χ1n) is 11.4. The molecule has 2 saturated carbocycles. The van der Waals surface area contributed by atoms with Gasteiger partial charge in [0.2, 0.25) is 5.91 Å². The summed E-state index contributed by atoms with van der Waals surface area (Å²) in [5, 5.41) is 16.9. The first kappa shape index (κ1) is 22.7. The van der Waals surface area contributed by atoms with E-state index in [9.17, 15) is 14.4 Å². The average molecular weight is 459 g/mol. The van der Waals surface area contributed by atoms with E-state index in [2.05, 4.69) is 16.0 Å². The van der Waals surface area contributed by atoms with E-state index in [4.69, 9.17) is 9.84 Å². The highest BCUT2D eigenvalue weighted by Gasteiger charge is 2.33. The number of hydrogen-bond donors (Lipinski definition) is 3. The molecule has 0 saturated heterocycles. The van der Waals surface area contributed by atoms with Gasteiger partial charge in [0.1, 0.15) is 5.75 Å². The molecular weight excluding hydrogens is 428 g/mol. The Labute approximate surface area is 192 Å². The van der Waals surface area contributed by atoms with Gasteiger partial charge in [-0.05, 0) is 80.5 Å². The van der Waals surface area contributed by atoms with Crippen LogP contribution in [0.2, 0.25) is 0 Å². The van der Waals surface area contributed by atoms with Gasteiger partial charge in [-0.15, -0.1) is 11.8 Å². The molecule has 1 aliphatic heterocycles. The summed E-state index contributed by atoms with van der Waals surface area (Å²) in [6.07, 6.45) is 6.10. The Kier molecular flexibility index (Phi) is 7.40. The van der Waals surface area contributed by atoms with Crippen LogP contribution >= 0.6 is 11.8 Å². The molecule has 32 heavy (non-hydrogen) atoms. The van der Waals surface area contributed by atoms with Crippen LogP contribution in [0.3, 0.4) is 0 Å². The summed E-state index contributed by atoms with van der Waals surface area (Å²) >= 11 is 1.60. The van der Waals surface area contributed by atoms with Crippen LogP contribution in [0.25, 0.3) is 0 Å². The molecule has 1 atom stereocenters. The molecule has 1 unspecified atom stereocenters. The Bertz CT molecular complexity index is 873. The van der Waals surface area contributed by atoms with E-state index in [-0.39, 0.29) is 29.1 Å². The van der Waals surface area contributed by atoms with Crippen molar-refractivity contribution >= 4 is 29.5 Å². The van der Waals surface area contributed by atoms with E-state index in [1.54, 1.807) is 36.0 Å². The van der Waals surface area contributed by atoms with Crippen molar-refractivity contribution in [2.75, 3.05) is 13.1 Å². The fourth-order valence-corrected chi connectivity index (χ4v) is 5.36. The maximum Gasteiger partial charge on any atom is 0.306 e. The van der Waals surface area contributed by atoms with E-state index in [0.717, 1.165) is 19.3 Å². The number of amides is 2. The number of carbonyl (C=O) groups excluding carboxylic acids is 2. The number of nitrogens with one attached hydrogen (secondary N) is 2. The molecule has 4 rings (SSSR count). The number of ether oxygens (including phenoxy) is 1. The largest absolute Gasteiger partial charge is 0.490 e. The van der Waals surface area contributed by atoms with Crippen LogP contribution in [0, 0.1) is 11.8 Å². The zero-order chi connectivity index (χ0) is 22.5. The Morgan fingerprint density at radius 3 is 2.31 bits per heavy atom. The molecule has 2 fully saturated rings. The lowest BCUT2D eigenvalue weighted by atomic mass is 9.87. The molecule has 0 aromatic heterocycles. The van der Waals surface area contributed by atoms with Gasteiger partial charge in [-0.2, -0.15) is 0 Å². The number of aliphatic carboxylic acids is 1. The molecule has 1 aromatic rings. The predicted molar refractivity (Wildman–Crippen MR) is 123 cm³/mol. The van der Waals surface area contributed by atoms with Gasteiger partial charge in [0.05, 0.1) is 17.3 Å². The Hall–Kier alpha value is -2.48. The first-order valence-corrected chi connectivity index (χ1v) is 12.3. The Balaban J connectivity index is 1.13. The van der Waals surface area contributed by atoms with Crippen molar-refractivity contribution in [1.82, 2.24) is 10.6 Å². The third kappa shape index (κ3) is 6.06.